The van der Waals surface area contributed by atoms with Gasteiger partial charge in [-0.15, -0.1) is 22.6 Å². The maximum atomic E-state index is 13.2. The Bertz CT molecular complexity index is 791. The molecule has 0 saturated carbocycles. The monoisotopic (exact) mass is 370 g/mol. The van der Waals surface area contributed by atoms with Gasteiger partial charge < -0.3 is 5.73 Å². The molecule has 2 N–H and O–H groups in total. The van der Waals surface area contributed by atoms with Gasteiger partial charge in [-0.25, -0.2) is 9.02 Å². The number of nitrogens with two attached hydrogens (primary N) is 1. The first-order chi connectivity index (χ1) is 11.2. The Labute approximate surface area is 148 Å². The maximum Gasteiger partial charge on any atom is 0.196 e. The fraction of sp³-hybridized carbons (Fsp3) is 0.286. The van der Waals surface area contributed by atoms with Gasteiger partial charge in [0, 0.05) is 17.9 Å². The predicted molar refractivity (Wildman–Crippen MR) is 89.9 cm³/mol. The van der Waals surface area contributed by atoms with Crippen LogP contribution in [0.3, 0.4) is 0 Å². The molecule has 0 unspecified atom stereocenters. The lowest BCUT2D eigenvalue weighted by Crippen LogP contribution is -2.09. The Morgan fingerprint density at radius 2 is 1.96 bits per heavy atom. The highest BCUT2D eigenvalue weighted by Gasteiger charge is 2.15. The van der Waals surface area contributed by atoms with Crippen molar-refractivity contribution in [3.05, 3.63) is 47.3 Å². The highest BCUT2D eigenvalue weighted by molar-refractivity contribution is 7.98. The normalized spacial score (nSPS) is 10.6. The van der Waals surface area contributed by atoms with Gasteiger partial charge in [-0.2, -0.15) is 0 Å². The van der Waals surface area contributed by atoms with E-state index in [0.29, 0.717) is 23.9 Å². The van der Waals surface area contributed by atoms with Crippen LogP contribution < -0.4 is 5.73 Å². The van der Waals surface area contributed by atoms with Crippen LogP contribution in [0.15, 0.2) is 34.1 Å². The summed E-state index contributed by atoms with van der Waals surface area (Å²) in [5.74, 6) is 0.995. The Morgan fingerprint density at radius 3 is 2.58 bits per heavy atom. The van der Waals surface area contributed by atoms with E-state index in [0.717, 1.165) is 22.9 Å². The molecule has 0 aliphatic heterocycles. The van der Waals surface area contributed by atoms with Crippen LogP contribution in [0.5, 0.6) is 0 Å². The number of nitrogens with zero attached hydrogens (tertiary/aromatic N) is 5. The molecule has 0 radical (unpaired) electrons. The second-order valence-electron chi connectivity index (χ2n) is 4.83. The van der Waals surface area contributed by atoms with Crippen LogP contribution in [0.1, 0.15) is 17.2 Å². The van der Waals surface area contributed by atoms with E-state index in [9.17, 15) is 4.39 Å². The number of benzene rings is 1. The van der Waals surface area contributed by atoms with Gasteiger partial charge in [0.1, 0.15) is 23.0 Å². The molecule has 0 spiro atoms. The van der Waals surface area contributed by atoms with Crippen LogP contribution in [-0.2, 0) is 12.2 Å². The Kier molecular flexibility index (Phi) is 6.29. The number of hydrogen-bond donors (Lipinski definition) is 1. The van der Waals surface area contributed by atoms with Gasteiger partial charge in [0.05, 0.1) is 0 Å². The second-order valence-corrected chi connectivity index (χ2v) is 5.78. The molecule has 1 aromatic carbocycles. The van der Waals surface area contributed by atoms with Crippen LogP contribution in [0.25, 0.3) is 5.69 Å². The van der Waals surface area contributed by atoms with E-state index in [1.807, 2.05) is 11.5 Å². The molecule has 10 heteroatoms. The molecule has 24 heavy (non-hydrogen) atoms. The van der Waals surface area contributed by atoms with Crippen molar-refractivity contribution in [1.82, 2.24) is 25.1 Å². The zero-order valence-electron chi connectivity index (χ0n) is 12.8. The van der Waals surface area contributed by atoms with E-state index in [-0.39, 0.29) is 18.2 Å². The summed E-state index contributed by atoms with van der Waals surface area (Å²) in [6.07, 6.45) is 0.579. The lowest BCUT2D eigenvalue weighted by Gasteiger charge is -2.09. The maximum absolute atomic E-state index is 13.2. The minimum Gasteiger partial charge on any atom is -0.330 e. The molecule has 0 aliphatic rings. The van der Waals surface area contributed by atoms with Gasteiger partial charge in [-0.3, -0.25) is 4.57 Å². The van der Waals surface area contributed by atoms with E-state index in [1.165, 1.54) is 23.9 Å². The fourth-order valence-electron chi connectivity index (χ4n) is 2.05. The van der Waals surface area contributed by atoms with E-state index in [1.54, 1.807) is 12.1 Å². The van der Waals surface area contributed by atoms with Crippen LogP contribution in [0, 0.1) is 12.7 Å². The van der Waals surface area contributed by atoms with Crippen molar-refractivity contribution in [2.75, 3.05) is 6.54 Å². The topological polar surface area (TPSA) is 95.7 Å². The van der Waals surface area contributed by atoms with Crippen LogP contribution in [-0.4, -0.2) is 31.6 Å². The average molecular weight is 371 g/mol. The first kappa shape index (κ1) is 18.4. The number of aromatic nitrogens is 5. The molecule has 2 heterocycles. The Morgan fingerprint density at radius 1 is 1.21 bits per heavy atom. The minimum atomic E-state index is -0.291. The van der Waals surface area contributed by atoms with Gasteiger partial charge in [-0.05, 0) is 37.7 Å². The molecule has 2 aromatic heterocycles. The minimum absolute atomic E-state index is 0. The zero-order chi connectivity index (χ0) is 16.2. The third-order valence-corrected chi connectivity index (χ3v) is 4.18. The Balaban J connectivity index is 0.00000208. The number of aryl methyl sites for hydroxylation is 1. The van der Waals surface area contributed by atoms with Gasteiger partial charge in [0.15, 0.2) is 5.16 Å². The van der Waals surface area contributed by atoms with Crippen molar-refractivity contribution in [2.45, 2.75) is 24.3 Å². The predicted octanol–water partition coefficient (Wildman–Crippen LogP) is 2.31. The molecule has 0 amide bonds. The quantitative estimate of drug-likeness (QED) is 0.665. The van der Waals surface area contributed by atoms with Crippen molar-refractivity contribution >= 4 is 24.2 Å². The van der Waals surface area contributed by atoms with E-state index in [2.05, 4.69) is 20.5 Å². The summed E-state index contributed by atoms with van der Waals surface area (Å²) in [4.78, 5) is 0. The van der Waals surface area contributed by atoms with Gasteiger partial charge in [0.2, 0.25) is 0 Å². The molecule has 0 fully saturated rings. The number of hydrogen-bond acceptors (Lipinski definition) is 7. The largest absolute Gasteiger partial charge is 0.330 e. The third kappa shape index (κ3) is 3.92. The van der Waals surface area contributed by atoms with E-state index < -0.39 is 0 Å². The van der Waals surface area contributed by atoms with Crippen LogP contribution in [0.2, 0.25) is 0 Å². The summed E-state index contributed by atoms with van der Waals surface area (Å²) < 4.78 is 19.7. The molecule has 0 aliphatic carbocycles. The lowest BCUT2D eigenvalue weighted by molar-refractivity contribution is 0.302. The van der Waals surface area contributed by atoms with Crippen molar-refractivity contribution in [3.8, 4) is 5.69 Å². The van der Waals surface area contributed by atoms with Crippen molar-refractivity contribution < 1.29 is 9.02 Å². The molecular weight excluding hydrogens is 355 g/mol. The zero-order valence-corrected chi connectivity index (χ0v) is 14.5. The molecular formula is C14H16ClFN6OS. The smallest absolute Gasteiger partial charge is 0.196 e. The highest BCUT2D eigenvalue weighted by Crippen LogP contribution is 2.25. The molecule has 3 aromatic rings. The van der Waals surface area contributed by atoms with Crippen molar-refractivity contribution in [1.29, 1.82) is 0 Å². The second kappa shape index (κ2) is 8.22. The summed E-state index contributed by atoms with van der Waals surface area (Å²) in [7, 11) is 0. The highest BCUT2D eigenvalue weighted by atomic mass is 35.5. The summed E-state index contributed by atoms with van der Waals surface area (Å²) >= 11 is 1.46. The Hall–Kier alpha value is -1.97. The SMILES string of the molecule is Cc1nonc1CSc1nnc(CCN)n1-c1ccc(F)cc1.Cl. The lowest BCUT2D eigenvalue weighted by atomic mass is 10.3. The van der Waals surface area contributed by atoms with Crippen molar-refractivity contribution in [2.24, 2.45) is 5.73 Å². The number of halogens is 2. The first-order valence-electron chi connectivity index (χ1n) is 7.00. The van der Waals surface area contributed by atoms with Crippen LogP contribution >= 0.6 is 24.2 Å². The number of rotatable bonds is 6. The molecule has 0 atom stereocenters. The van der Waals surface area contributed by atoms with E-state index >= 15 is 0 Å². The van der Waals surface area contributed by atoms with Gasteiger partial charge >= 0.3 is 0 Å². The van der Waals surface area contributed by atoms with E-state index in [4.69, 9.17) is 10.4 Å². The summed E-state index contributed by atoms with van der Waals surface area (Å²) in [6, 6.07) is 6.18. The molecule has 7 nitrogen and oxygen atoms in total. The molecule has 0 bridgehead atoms. The number of thioether (sulfide) groups is 1. The summed E-state index contributed by atoms with van der Waals surface area (Å²) in [5.41, 5.74) is 7.92. The third-order valence-electron chi connectivity index (χ3n) is 3.24. The standard InChI is InChI=1S/C14H15FN6OS.ClH/c1-9-12(20-22-19-9)8-23-14-18-17-13(6-7-16)21(14)11-4-2-10(15)3-5-11;/h2-5H,6-8,16H2,1H3;1H. The molecule has 3 rings (SSSR count). The summed E-state index contributed by atoms with van der Waals surface area (Å²) in [5, 5.41) is 16.7. The molecule has 128 valence electrons. The fourth-order valence-corrected chi connectivity index (χ4v) is 3.01. The first-order valence-corrected chi connectivity index (χ1v) is 7.98. The van der Waals surface area contributed by atoms with Gasteiger partial charge in [-0.1, -0.05) is 22.1 Å². The van der Waals surface area contributed by atoms with Crippen LogP contribution in [0.4, 0.5) is 4.39 Å². The van der Waals surface area contributed by atoms with Crippen molar-refractivity contribution in [3.63, 3.8) is 0 Å². The molecule has 0 saturated heterocycles. The average Bonchev–Trinajstić information content (AvgIpc) is 3.13. The van der Waals surface area contributed by atoms with Gasteiger partial charge in [0.25, 0.3) is 0 Å². The summed E-state index contributed by atoms with van der Waals surface area (Å²) in [6.45, 7) is 2.28.